The van der Waals surface area contributed by atoms with Crippen LogP contribution in [0.3, 0.4) is 0 Å². The van der Waals surface area contributed by atoms with Crippen LogP contribution in [0.15, 0.2) is 69.6 Å². The molecule has 0 aliphatic heterocycles. The van der Waals surface area contributed by atoms with Gasteiger partial charge in [0.15, 0.2) is 11.5 Å². The van der Waals surface area contributed by atoms with Crippen molar-refractivity contribution >= 4 is 16.5 Å². The molecular weight excluding hydrogens is 416 g/mol. The second-order valence-electron chi connectivity index (χ2n) is 7.28. The fourth-order valence-electron chi connectivity index (χ4n) is 3.67. The fraction of sp³-hybridized carbons (Fsp3) is 0.208. The summed E-state index contributed by atoms with van der Waals surface area (Å²) >= 11 is 0. The van der Waals surface area contributed by atoms with Crippen LogP contribution >= 0.6 is 0 Å². The number of benzene rings is 2. The standard InChI is InChI=1S/C24H22O8/c1-29-24(30-2)12-15(8-9-19(24)31-13-14-6-4-3-5-7-14)23-22(28)21(27)20-17(26)10-16(25)11-18(20)32-23/h3-11,25-26,28H,12-13H2,1-2H3. The maximum absolute atomic E-state index is 12.7. The van der Waals surface area contributed by atoms with Crippen molar-refractivity contribution in [2.24, 2.45) is 0 Å². The summed E-state index contributed by atoms with van der Waals surface area (Å²) in [6, 6.07) is 11.8. The molecule has 0 saturated heterocycles. The average Bonchev–Trinajstić information content (AvgIpc) is 2.80. The number of rotatable bonds is 6. The Kier molecular flexibility index (Phi) is 5.65. The van der Waals surface area contributed by atoms with Gasteiger partial charge in [-0.25, -0.2) is 0 Å². The number of methoxy groups -OCH3 is 2. The lowest BCUT2D eigenvalue weighted by molar-refractivity contribution is -0.201. The van der Waals surface area contributed by atoms with Crippen LogP contribution < -0.4 is 5.43 Å². The van der Waals surface area contributed by atoms with Crippen LogP contribution in [0.4, 0.5) is 0 Å². The highest BCUT2D eigenvalue weighted by Gasteiger charge is 2.41. The largest absolute Gasteiger partial charge is 0.508 e. The molecule has 3 N–H and O–H groups in total. The number of phenols is 2. The Morgan fingerprint density at radius 3 is 2.44 bits per heavy atom. The highest BCUT2D eigenvalue weighted by atomic mass is 16.7. The molecular formula is C24H22O8. The third kappa shape index (κ3) is 3.70. The van der Waals surface area contributed by atoms with Gasteiger partial charge in [-0.15, -0.1) is 0 Å². The Morgan fingerprint density at radius 1 is 1.03 bits per heavy atom. The maximum atomic E-state index is 12.7. The molecule has 8 heteroatoms. The summed E-state index contributed by atoms with van der Waals surface area (Å²) in [6.45, 7) is 0.291. The molecule has 3 aromatic rings. The molecule has 0 radical (unpaired) electrons. The molecule has 0 bridgehead atoms. The monoisotopic (exact) mass is 438 g/mol. The van der Waals surface area contributed by atoms with Crippen LogP contribution in [-0.4, -0.2) is 35.3 Å². The molecule has 4 rings (SSSR count). The SMILES string of the molecule is COC1(OC)CC(c2oc3cc(O)cc(O)c3c(=O)c2O)=CC=C1OCc1ccccc1. The maximum Gasteiger partial charge on any atom is 0.238 e. The first-order chi connectivity index (χ1) is 15.4. The second kappa shape index (κ2) is 8.41. The van der Waals surface area contributed by atoms with Gasteiger partial charge in [0.1, 0.15) is 29.1 Å². The quantitative estimate of drug-likeness (QED) is 0.498. The highest BCUT2D eigenvalue weighted by molar-refractivity contribution is 5.87. The summed E-state index contributed by atoms with van der Waals surface area (Å²) in [4.78, 5) is 12.7. The van der Waals surface area contributed by atoms with Crippen molar-refractivity contribution in [3.63, 3.8) is 0 Å². The summed E-state index contributed by atoms with van der Waals surface area (Å²) in [6.07, 6.45) is 3.31. The minimum atomic E-state index is -1.32. The van der Waals surface area contributed by atoms with Gasteiger partial charge < -0.3 is 33.9 Å². The van der Waals surface area contributed by atoms with Crippen molar-refractivity contribution in [3.8, 4) is 17.2 Å². The van der Waals surface area contributed by atoms with Crippen LogP contribution in [-0.2, 0) is 20.8 Å². The molecule has 0 atom stereocenters. The summed E-state index contributed by atoms with van der Waals surface area (Å²) in [5.41, 5.74) is 0.467. The second-order valence-corrected chi connectivity index (χ2v) is 7.28. The number of phenolic OH excluding ortho intramolecular Hbond substituents is 2. The van der Waals surface area contributed by atoms with E-state index in [1.165, 1.54) is 20.3 Å². The lowest BCUT2D eigenvalue weighted by Gasteiger charge is -2.35. The fourth-order valence-corrected chi connectivity index (χ4v) is 3.67. The van der Waals surface area contributed by atoms with E-state index in [9.17, 15) is 20.1 Å². The molecule has 32 heavy (non-hydrogen) atoms. The van der Waals surface area contributed by atoms with E-state index in [0.29, 0.717) is 17.9 Å². The third-order valence-electron chi connectivity index (χ3n) is 5.36. The summed E-state index contributed by atoms with van der Waals surface area (Å²) < 4.78 is 22.9. The van der Waals surface area contributed by atoms with Gasteiger partial charge >= 0.3 is 0 Å². The molecule has 166 valence electrons. The van der Waals surface area contributed by atoms with Crippen LogP contribution in [0.1, 0.15) is 17.7 Å². The van der Waals surface area contributed by atoms with Gasteiger partial charge in [-0.3, -0.25) is 4.79 Å². The molecule has 0 fully saturated rings. The Morgan fingerprint density at radius 2 is 1.75 bits per heavy atom. The van der Waals surface area contributed by atoms with Crippen LogP contribution in [0.25, 0.3) is 16.5 Å². The number of allylic oxidation sites excluding steroid dienone is 2. The smallest absolute Gasteiger partial charge is 0.238 e. The average molecular weight is 438 g/mol. The van der Waals surface area contributed by atoms with Gasteiger partial charge in [0, 0.05) is 38.3 Å². The first kappa shape index (κ1) is 21.5. The van der Waals surface area contributed by atoms with E-state index in [0.717, 1.165) is 11.6 Å². The summed E-state index contributed by atoms with van der Waals surface area (Å²) in [5.74, 6) is -2.48. The van der Waals surface area contributed by atoms with Gasteiger partial charge in [-0.1, -0.05) is 36.4 Å². The van der Waals surface area contributed by atoms with Crippen molar-refractivity contribution < 1.29 is 33.9 Å². The lowest BCUT2D eigenvalue weighted by atomic mass is 9.94. The van der Waals surface area contributed by atoms with Crippen molar-refractivity contribution in [2.75, 3.05) is 14.2 Å². The third-order valence-corrected chi connectivity index (χ3v) is 5.36. The first-order valence-electron chi connectivity index (χ1n) is 9.79. The van der Waals surface area contributed by atoms with E-state index >= 15 is 0 Å². The topological polar surface area (TPSA) is 119 Å². The van der Waals surface area contributed by atoms with Gasteiger partial charge in [-0.2, -0.15) is 0 Å². The Hall–Kier alpha value is -3.75. The molecule has 0 spiro atoms. The number of ether oxygens (including phenoxy) is 3. The Balaban J connectivity index is 1.76. The van der Waals surface area contributed by atoms with Crippen LogP contribution in [0.2, 0.25) is 0 Å². The molecule has 8 nitrogen and oxygen atoms in total. The number of hydrogen-bond acceptors (Lipinski definition) is 8. The zero-order valence-electron chi connectivity index (χ0n) is 17.5. The molecule has 0 saturated carbocycles. The van der Waals surface area contributed by atoms with E-state index in [2.05, 4.69) is 0 Å². The normalized spacial score (nSPS) is 15.3. The molecule has 0 amide bonds. The molecule has 0 unspecified atom stereocenters. The summed E-state index contributed by atoms with van der Waals surface area (Å²) in [7, 11) is 2.91. The molecule has 1 aromatic heterocycles. The van der Waals surface area contributed by atoms with E-state index < -0.39 is 22.7 Å². The Bertz CT molecular complexity index is 1270. The van der Waals surface area contributed by atoms with Crippen LogP contribution in [0.5, 0.6) is 17.2 Å². The van der Waals surface area contributed by atoms with E-state index in [1.54, 1.807) is 12.2 Å². The first-order valence-corrected chi connectivity index (χ1v) is 9.79. The van der Waals surface area contributed by atoms with Crippen molar-refractivity contribution in [2.45, 2.75) is 18.8 Å². The van der Waals surface area contributed by atoms with Crippen molar-refractivity contribution in [1.29, 1.82) is 0 Å². The van der Waals surface area contributed by atoms with E-state index in [-0.39, 0.29) is 28.9 Å². The predicted molar refractivity (Wildman–Crippen MR) is 116 cm³/mol. The van der Waals surface area contributed by atoms with Gasteiger partial charge in [0.2, 0.25) is 17.0 Å². The number of fused-ring (bicyclic) bond motifs is 1. The zero-order valence-corrected chi connectivity index (χ0v) is 17.5. The molecule has 1 aliphatic rings. The molecule has 1 heterocycles. The molecule has 1 aliphatic carbocycles. The van der Waals surface area contributed by atoms with Crippen molar-refractivity contribution in [3.05, 3.63) is 81.9 Å². The number of aromatic hydroxyl groups is 3. The lowest BCUT2D eigenvalue weighted by Crippen LogP contribution is -2.38. The van der Waals surface area contributed by atoms with E-state index in [4.69, 9.17) is 18.6 Å². The molecule has 2 aromatic carbocycles. The minimum Gasteiger partial charge on any atom is -0.508 e. The van der Waals surface area contributed by atoms with Gasteiger partial charge in [0.05, 0.1) is 0 Å². The highest BCUT2D eigenvalue weighted by Crippen LogP contribution is 2.41. The van der Waals surface area contributed by atoms with E-state index in [1.807, 2.05) is 30.3 Å². The van der Waals surface area contributed by atoms with Crippen LogP contribution in [0, 0.1) is 0 Å². The zero-order chi connectivity index (χ0) is 22.9. The van der Waals surface area contributed by atoms with Gasteiger partial charge in [0.25, 0.3) is 0 Å². The number of hydrogen-bond donors (Lipinski definition) is 3. The predicted octanol–water partition coefficient (Wildman–Crippen LogP) is 3.79. The minimum absolute atomic E-state index is 0.0629. The van der Waals surface area contributed by atoms with Crippen molar-refractivity contribution in [1.82, 2.24) is 0 Å². The summed E-state index contributed by atoms with van der Waals surface area (Å²) in [5, 5.41) is 30.0. The van der Waals surface area contributed by atoms with Gasteiger partial charge in [-0.05, 0) is 11.6 Å². The Labute approximate surface area is 183 Å².